The Balaban J connectivity index is 2.86. The normalized spacial score (nSPS) is 32.8. The van der Waals surface area contributed by atoms with Gasteiger partial charge in [-0.1, -0.05) is 26.0 Å². The van der Waals surface area contributed by atoms with Gasteiger partial charge in [-0.15, -0.1) is 0 Å². The zero-order valence-electron chi connectivity index (χ0n) is 8.37. The van der Waals surface area contributed by atoms with Crippen LogP contribution in [0.1, 0.15) is 20.3 Å². The van der Waals surface area contributed by atoms with Crippen molar-refractivity contribution in [1.82, 2.24) is 5.32 Å². The number of hydrogen-bond acceptors (Lipinski definition) is 2. The third-order valence-electron chi connectivity index (χ3n) is 2.98. The minimum Gasteiger partial charge on any atom is -0.481 e. The Morgan fingerprint density at radius 3 is 2.54 bits per heavy atom. The summed E-state index contributed by atoms with van der Waals surface area (Å²) in [6, 6.07) is 0.207. The predicted molar refractivity (Wildman–Crippen MR) is 51.5 cm³/mol. The number of carboxylic acid groups (broad SMARTS) is 1. The van der Waals surface area contributed by atoms with E-state index in [0.29, 0.717) is 6.42 Å². The van der Waals surface area contributed by atoms with Gasteiger partial charge in [0, 0.05) is 6.04 Å². The zero-order chi connectivity index (χ0) is 10.1. The van der Waals surface area contributed by atoms with Crippen LogP contribution in [0.2, 0.25) is 0 Å². The van der Waals surface area contributed by atoms with Crippen molar-refractivity contribution in [2.45, 2.75) is 26.3 Å². The average molecular weight is 183 g/mol. The summed E-state index contributed by atoms with van der Waals surface area (Å²) in [5.41, 5.74) is -0.659. The number of hydrogen-bond donors (Lipinski definition) is 2. The van der Waals surface area contributed by atoms with Crippen LogP contribution in [0.3, 0.4) is 0 Å². The maximum atomic E-state index is 11.1. The molecule has 0 saturated carbocycles. The molecule has 0 fully saturated rings. The topological polar surface area (TPSA) is 49.3 Å². The summed E-state index contributed by atoms with van der Waals surface area (Å²) < 4.78 is 0. The second-order valence-corrected chi connectivity index (χ2v) is 3.96. The highest BCUT2D eigenvalue weighted by Gasteiger charge is 2.43. The molecule has 3 nitrogen and oxygen atoms in total. The van der Waals surface area contributed by atoms with E-state index in [-0.39, 0.29) is 12.0 Å². The third kappa shape index (κ3) is 1.61. The fraction of sp³-hybridized carbons (Fsp3) is 0.700. The summed E-state index contributed by atoms with van der Waals surface area (Å²) in [4.78, 5) is 11.1. The van der Waals surface area contributed by atoms with Crippen molar-refractivity contribution in [3.63, 3.8) is 0 Å². The van der Waals surface area contributed by atoms with Gasteiger partial charge in [-0.2, -0.15) is 0 Å². The Labute approximate surface area is 78.8 Å². The third-order valence-corrected chi connectivity index (χ3v) is 2.98. The summed E-state index contributed by atoms with van der Waals surface area (Å²) in [5, 5.41) is 12.2. The molecule has 0 unspecified atom stereocenters. The van der Waals surface area contributed by atoms with Crippen molar-refractivity contribution in [3.05, 3.63) is 12.2 Å². The van der Waals surface area contributed by atoms with Crippen LogP contribution in [0.4, 0.5) is 0 Å². The van der Waals surface area contributed by atoms with Crippen molar-refractivity contribution >= 4 is 5.97 Å². The maximum absolute atomic E-state index is 11.1. The molecule has 0 amide bonds. The van der Waals surface area contributed by atoms with Gasteiger partial charge in [0.05, 0.1) is 5.41 Å². The first-order valence-electron chi connectivity index (χ1n) is 4.63. The monoisotopic (exact) mass is 183 g/mol. The van der Waals surface area contributed by atoms with Gasteiger partial charge >= 0.3 is 5.97 Å². The molecule has 0 saturated heterocycles. The predicted octanol–water partition coefficient (Wildman–Crippen LogP) is 1.26. The van der Waals surface area contributed by atoms with E-state index in [1.807, 2.05) is 33.0 Å². The standard InChI is InChI=1S/C10H17NO2/c1-7(2)10(9(12)13)5-4-8(6-10)11-3/h4-5,7-8,11H,6H2,1-3H3,(H,12,13)/t8-,10+/m1/s1. The van der Waals surface area contributed by atoms with E-state index in [1.54, 1.807) is 0 Å². The van der Waals surface area contributed by atoms with Gasteiger partial charge in [0.15, 0.2) is 0 Å². The summed E-state index contributed by atoms with van der Waals surface area (Å²) in [6.45, 7) is 3.91. The number of carbonyl (C=O) groups is 1. The van der Waals surface area contributed by atoms with Crippen molar-refractivity contribution in [2.24, 2.45) is 11.3 Å². The lowest BCUT2D eigenvalue weighted by molar-refractivity contribution is -0.148. The first-order chi connectivity index (χ1) is 6.03. The second kappa shape index (κ2) is 3.50. The van der Waals surface area contributed by atoms with E-state index >= 15 is 0 Å². The van der Waals surface area contributed by atoms with Crippen molar-refractivity contribution in [3.8, 4) is 0 Å². The number of rotatable bonds is 3. The highest BCUT2D eigenvalue weighted by atomic mass is 16.4. The van der Waals surface area contributed by atoms with Crippen LogP contribution in [-0.4, -0.2) is 24.2 Å². The van der Waals surface area contributed by atoms with Crippen LogP contribution in [0.25, 0.3) is 0 Å². The van der Waals surface area contributed by atoms with Crippen molar-refractivity contribution in [2.75, 3.05) is 7.05 Å². The van der Waals surface area contributed by atoms with Gasteiger partial charge in [-0.25, -0.2) is 0 Å². The lowest BCUT2D eigenvalue weighted by Crippen LogP contribution is -2.36. The molecule has 0 aromatic heterocycles. The quantitative estimate of drug-likeness (QED) is 0.648. The van der Waals surface area contributed by atoms with Gasteiger partial charge < -0.3 is 10.4 Å². The fourth-order valence-corrected chi connectivity index (χ4v) is 1.82. The molecular weight excluding hydrogens is 166 g/mol. The summed E-state index contributed by atoms with van der Waals surface area (Å²) in [6.07, 6.45) is 4.45. The smallest absolute Gasteiger partial charge is 0.313 e. The second-order valence-electron chi connectivity index (χ2n) is 3.96. The molecule has 0 spiro atoms. The first kappa shape index (κ1) is 10.3. The molecule has 1 aliphatic rings. The molecule has 0 aromatic rings. The molecule has 13 heavy (non-hydrogen) atoms. The van der Waals surface area contributed by atoms with E-state index in [0.717, 1.165) is 0 Å². The average Bonchev–Trinajstić information content (AvgIpc) is 2.48. The fourth-order valence-electron chi connectivity index (χ4n) is 1.82. The number of nitrogens with one attached hydrogen (secondary N) is 1. The van der Waals surface area contributed by atoms with Crippen LogP contribution < -0.4 is 5.32 Å². The molecule has 1 aliphatic carbocycles. The van der Waals surface area contributed by atoms with E-state index < -0.39 is 11.4 Å². The molecule has 2 N–H and O–H groups in total. The van der Waals surface area contributed by atoms with Crippen LogP contribution in [-0.2, 0) is 4.79 Å². The molecule has 74 valence electrons. The highest BCUT2D eigenvalue weighted by molar-refractivity contribution is 5.78. The van der Waals surface area contributed by atoms with E-state index in [9.17, 15) is 4.79 Å². The van der Waals surface area contributed by atoms with E-state index in [4.69, 9.17) is 5.11 Å². The van der Waals surface area contributed by atoms with Gasteiger partial charge in [0.25, 0.3) is 0 Å². The Hall–Kier alpha value is -0.830. The highest BCUT2D eigenvalue weighted by Crippen LogP contribution is 2.39. The van der Waals surface area contributed by atoms with Gasteiger partial charge in [-0.05, 0) is 19.4 Å². The van der Waals surface area contributed by atoms with Crippen molar-refractivity contribution in [1.29, 1.82) is 0 Å². The largest absolute Gasteiger partial charge is 0.481 e. The number of likely N-dealkylation sites (N-methyl/N-ethyl adjacent to an activating group) is 1. The van der Waals surface area contributed by atoms with Crippen LogP contribution in [0.15, 0.2) is 12.2 Å². The summed E-state index contributed by atoms with van der Waals surface area (Å²) in [7, 11) is 1.85. The molecular formula is C10H17NO2. The maximum Gasteiger partial charge on any atom is 0.313 e. The molecule has 0 heterocycles. The zero-order valence-corrected chi connectivity index (χ0v) is 8.37. The molecule has 3 heteroatoms. The van der Waals surface area contributed by atoms with Crippen LogP contribution >= 0.6 is 0 Å². The summed E-state index contributed by atoms with van der Waals surface area (Å²) >= 11 is 0. The molecule has 0 aliphatic heterocycles. The molecule has 2 atom stereocenters. The van der Waals surface area contributed by atoms with Crippen molar-refractivity contribution < 1.29 is 9.90 Å². The van der Waals surface area contributed by atoms with E-state index in [2.05, 4.69) is 5.32 Å². The Kier molecular flexibility index (Phi) is 2.76. The van der Waals surface area contributed by atoms with Gasteiger partial charge in [0.1, 0.15) is 0 Å². The molecule has 0 radical (unpaired) electrons. The lowest BCUT2D eigenvalue weighted by atomic mass is 9.76. The lowest BCUT2D eigenvalue weighted by Gasteiger charge is -2.27. The number of carboxylic acids is 1. The molecule has 1 rings (SSSR count). The van der Waals surface area contributed by atoms with Gasteiger partial charge in [-0.3, -0.25) is 4.79 Å². The summed E-state index contributed by atoms with van der Waals surface area (Å²) in [5.74, 6) is -0.573. The SMILES string of the molecule is CN[C@@H]1C=C[C@@](C(=O)O)(C(C)C)C1. The molecule has 0 bridgehead atoms. The first-order valence-corrected chi connectivity index (χ1v) is 4.63. The molecule has 0 aromatic carbocycles. The Morgan fingerprint density at radius 1 is 1.69 bits per heavy atom. The van der Waals surface area contributed by atoms with E-state index in [1.165, 1.54) is 0 Å². The number of aliphatic carboxylic acids is 1. The Morgan fingerprint density at radius 2 is 2.31 bits per heavy atom. The minimum absolute atomic E-state index is 0.139. The Bertz CT molecular complexity index is 235. The van der Waals surface area contributed by atoms with Gasteiger partial charge in [0.2, 0.25) is 0 Å². The van der Waals surface area contributed by atoms with Crippen LogP contribution in [0.5, 0.6) is 0 Å². The minimum atomic E-state index is -0.712. The van der Waals surface area contributed by atoms with Crippen LogP contribution in [0, 0.1) is 11.3 Å².